The molecule has 2 N–H and O–H groups in total. The van der Waals surface area contributed by atoms with Crippen molar-refractivity contribution in [2.75, 3.05) is 6.54 Å². The molecule has 2 amide bonds. The maximum absolute atomic E-state index is 13.9. The summed E-state index contributed by atoms with van der Waals surface area (Å²) in [5, 5.41) is 14.4. The highest BCUT2D eigenvalue weighted by Crippen LogP contribution is 2.63. The number of aliphatic hydroxyl groups is 1. The number of nitrogens with one attached hydrogen (secondary N) is 1. The van der Waals surface area contributed by atoms with Crippen molar-refractivity contribution in [1.82, 2.24) is 10.2 Å². The summed E-state index contributed by atoms with van der Waals surface area (Å²) < 4.78 is 27.3. The van der Waals surface area contributed by atoms with Gasteiger partial charge in [0.05, 0.1) is 5.60 Å². The smallest absolute Gasteiger partial charge is 0.318 e. The number of halogens is 2. The van der Waals surface area contributed by atoms with E-state index in [-0.39, 0.29) is 35.9 Å². The standard InChI is InChI=1S/C20H24F2N2O2/c1-10-9-24(19(25)23-10)18-13-4-11-5-14(18)17(20(26,7-11)8-13)12-2-3-15(21)16(22)6-12/h2-3,6,10-11,13-14,17-18,26H,4-5,7-9H2,1H3,(H,23,25). The van der Waals surface area contributed by atoms with Crippen molar-refractivity contribution >= 4 is 6.03 Å². The molecule has 6 heteroatoms. The lowest BCUT2D eigenvalue weighted by atomic mass is 9.46. The zero-order chi connectivity index (χ0) is 18.2. The zero-order valence-corrected chi connectivity index (χ0v) is 14.8. The number of hydrogen-bond donors (Lipinski definition) is 2. The molecule has 1 aromatic carbocycles. The van der Waals surface area contributed by atoms with Crippen LogP contribution in [0.5, 0.6) is 0 Å². The summed E-state index contributed by atoms with van der Waals surface area (Å²) in [6.45, 7) is 2.67. The summed E-state index contributed by atoms with van der Waals surface area (Å²) in [5.74, 6) is -1.15. The summed E-state index contributed by atoms with van der Waals surface area (Å²) in [4.78, 5) is 14.4. The van der Waals surface area contributed by atoms with E-state index in [2.05, 4.69) is 5.32 Å². The summed E-state index contributed by atoms with van der Waals surface area (Å²) in [6, 6.07) is 4.14. The molecule has 0 radical (unpaired) electrons. The van der Waals surface area contributed by atoms with Crippen LogP contribution in [0.1, 0.15) is 44.1 Å². The zero-order valence-electron chi connectivity index (χ0n) is 14.8. The molecule has 7 atom stereocenters. The van der Waals surface area contributed by atoms with Gasteiger partial charge in [0.1, 0.15) is 0 Å². The second kappa shape index (κ2) is 5.41. The summed E-state index contributed by atoms with van der Waals surface area (Å²) >= 11 is 0. The van der Waals surface area contributed by atoms with Crippen LogP contribution in [-0.2, 0) is 0 Å². The fraction of sp³-hybridized carbons (Fsp3) is 0.650. The number of amides is 2. The minimum absolute atomic E-state index is 0.0361. The number of carbonyl (C=O) groups is 1. The first-order chi connectivity index (χ1) is 12.4. The van der Waals surface area contributed by atoms with Crippen LogP contribution in [0.3, 0.4) is 0 Å². The van der Waals surface area contributed by atoms with E-state index in [0.29, 0.717) is 24.4 Å². The molecule has 5 fully saturated rings. The highest BCUT2D eigenvalue weighted by Gasteiger charge is 2.62. The van der Waals surface area contributed by atoms with Gasteiger partial charge in [0, 0.05) is 24.5 Å². The Kier molecular flexibility index (Phi) is 3.43. The topological polar surface area (TPSA) is 52.6 Å². The number of rotatable bonds is 2. The average Bonchev–Trinajstić information content (AvgIpc) is 2.87. The Labute approximate surface area is 151 Å². The van der Waals surface area contributed by atoms with Gasteiger partial charge in [0.25, 0.3) is 0 Å². The molecule has 7 unspecified atom stereocenters. The predicted octanol–water partition coefficient (Wildman–Crippen LogP) is 3.01. The van der Waals surface area contributed by atoms with Crippen LogP contribution in [0.2, 0.25) is 0 Å². The summed E-state index contributed by atoms with van der Waals surface area (Å²) in [5.41, 5.74) is -0.216. The molecule has 1 saturated heterocycles. The van der Waals surface area contributed by atoms with E-state index < -0.39 is 17.2 Å². The van der Waals surface area contributed by atoms with Gasteiger partial charge in [0.2, 0.25) is 0 Å². The van der Waals surface area contributed by atoms with Crippen LogP contribution in [-0.4, -0.2) is 40.3 Å². The van der Waals surface area contributed by atoms with Gasteiger partial charge in [-0.25, -0.2) is 13.6 Å². The van der Waals surface area contributed by atoms with Gasteiger partial charge in [-0.3, -0.25) is 0 Å². The molecule has 0 spiro atoms. The van der Waals surface area contributed by atoms with Crippen LogP contribution in [0.15, 0.2) is 18.2 Å². The van der Waals surface area contributed by atoms with E-state index in [1.807, 2.05) is 11.8 Å². The van der Waals surface area contributed by atoms with Crippen LogP contribution < -0.4 is 5.32 Å². The fourth-order valence-electron chi connectivity index (χ4n) is 6.65. The van der Waals surface area contributed by atoms with Gasteiger partial charge in [-0.15, -0.1) is 0 Å². The Morgan fingerprint density at radius 2 is 2.04 bits per heavy atom. The Morgan fingerprint density at radius 3 is 2.73 bits per heavy atom. The minimum Gasteiger partial charge on any atom is -0.389 e. The number of carbonyl (C=O) groups excluding carboxylic acids is 1. The maximum Gasteiger partial charge on any atom is 0.318 e. The van der Waals surface area contributed by atoms with Gasteiger partial charge in [-0.2, -0.15) is 0 Å². The Bertz CT molecular complexity index is 772. The molecule has 1 aliphatic heterocycles. The quantitative estimate of drug-likeness (QED) is 0.850. The lowest BCUT2D eigenvalue weighted by Gasteiger charge is -2.63. The normalized spacial score (nSPS) is 43.8. The number of urea groups is 1. The molecule has 1 heterocycles. The molecule has 1 aromatic rings. The molecule has 5 aliphatic rings. The van der Waals surface area contributed by atoms with Gasteiger partial charge >= 0.3 is 6.03 Å². The summed E-state index contributed by atoms with van der Waals surface area (Å²) in [6.07, 6.45) is 3.34. The molecule has 140 valence electrons. The van der Waals surface area contributed by atoms with Crippen molar-refractivity contribution in [1.29, 1.82) is 0 Å². The Morgan fingerprint density at radius 1 is 1.23 bits per heavy atom. The van der Waals surface area contributed by atoms with Crippen molar-refractivity contribution in [2.45, 2.75) is 56.2 Å². The second-order valence-corrected chi connectivity index (χ2v) is 8.92. The monoisotopic (exact) mass is 362 g/mol. The first-order valence-corrected chi connectivity index (χ1v) is 9.60. The molecular weight excluding hydrogens is 338 g/mol. The van der Waals surface area contributed by atoms with Gasteiger partial charge < -0.3 is 15.3 Å². The molecule has 4 aliphatic carbocycles. The van der Waals surface area contributed by atoms with E-state index in [9.17, 15) is 18.7 Å². The van der Waals surface area contributed by atoms with Gasteiger partial charge in [-0.05, 0) is 68.1 Å². The van der Waals surface area contributed by atoms with E-state index in [4.69, 9.17) is 0 Å². The number of benzene rings is 1. The Balaban J connectivity index is 1.56. The second-order valence-electron chi connectivity index (χ2n) is 8.92. The first kappa shape index (κ1) is 16.5. The van der Waals surface area contributed by atoms with E-state index in [0.717, 1.165) is 25.3 Å². The predicted molar refractivity (Wildman–Crippen MR) is 91.5 cm³/mol. The van der Waals surface area contributed by atoms with Gasteiger partial charge in [-0.1, -0.05) is 6.07 Å². The molecule has 26 heavy (non-hydrogen) atoms. The molecule has 4 nitrogen and oxygen atoms in total. The van der Waals surface area contributed by atoms with Gasteiger partial charge in [0.15, 0.2) is 11.6 Å². The van der Waals surface area contributed by atoms with Crippen molar-refractivity contribution in [2.24, 2.45) is 17.8 Å². The average molecular weight is 362 g/mol. The molecular formula is C20H24F2N2O2. The van der Waals surface area contributed by atoms with Crippen LogP contribution in [0.4, 0.5) is 13.6 Å². The van der Waals surface area contributed by atoms with Crippen molar-refractivity contribution in [3.05, 3.63) is 35.4 Å². The lowest BCUT2D eigenvalue weighted by molar-refractivity contribution is -0.169. The third kappa shape index (κ3) is 2.24. The van der Waals surface area contributed by atoms with E-state index >= 15 is 0 Å². The SMILES string of the molecule is CC1CN(C2C3CC4CC2C(c2ccc(F)c(F)c2)C(O)(C4)C3)C(=O)N1. The fourth-order valence-corrected chi connectivity index (χ4v) is 6.65. The third-order valence-electron chi connectivity index (χ3n) is 7.19. The molecule has 0 aromatic heterocycles. The van der Waals surface area contributed by atoms with Crippen LogP contribution >= 0.6 is 0 Å². The lowest BCUT2D eigenvalue weighted by Crippen LogP contribution is -2.65. The maximum atomic E-state index is 13.9. The Hall–Kier alpha value is -1.69. The van der Waals surface area contributed by atoms with Crippen molar-refractivity contribution < 1.29 is 18.7 Å². The van der Waals surface area contributed by atoms with Crippen molar-refractivity contribution in [3.63, 3.8) is 0 Å². The third-order valence-corrected chi connectivity index (χ3v) is 7.19. The van der Waals surface area contributed by atoms with E-state index in [1.165, 1.54) is 6.07 Å². The van der Waals surface area contributed by atoms with Crippen molar-refractivity contribution in [3.8, 4) is 0 Å². The molecule has 4 saturated carbocycles. The molecule has 6 rings (SSSR count). The number of nitrogens with zero attached hydrogens (tertiary/aromatic N) is 1. The molecule has 4 bridgehead atoms. The highest BCUT2D eigenvalue weighted by molar-refractivity contribution is 5.77. The highest BCUT2D eigenvalue weighted by atomic mass is 19.2. The van der Waals surface area contributed by atoms with Crippen LogP contribution in [0.25, 0.3) is 0 Å². The van der Waals surface area contributed by atoms with Crippen LogP contribution in [0, 0.1) is 29.4 Å². The van der Waals surface area contributed by atoms with E-state index in [1.54, 1.807) is 6.07 Å². The minimum atomic E-state index is -0.876. The number of hydrogen-bond acceptors (Lipinski definition) is 2. The summed E-state index contributed by atoms with van der Waals surface area (Å²) in [7, 11) is 0. The first-order valence-electron chi connectivity index (χ1n) is 9.60. The largest absolute Gasteiger partial charge is 0.389 e.